The summed E-state index contributed by atoms with van der Waals surface area (Å²) in [5, 5.41) is 8.59. The van der Waals surface area contributed by atoms with Gasteiger partial charge in [0.05, 0.1) is 17.1 Å². The van der Waals surface area contributed by atoms with Crippen LogP contribution in [0.15, 0.2) is 66.1 Å². The van der Waals surface area contributed by atoms with E-state index in [1.807, 2.05) is 18.3 Å². The minimum absolute atomic E-state index is 0.0206. The molecule has 0 amide bonds. The molecule has 0 aliphatic heterocycles. The second-order valence-electron chi connectivity index (χ2n) is 5.38. The molecule has 0 radical (unpaired) electrons. The van der Waals surface area contributed by atoms with E-state index in [0.717, 1.165) is 5.56 Å². The third kappa shape index (κ3) is 4.41. The zero-order valence-corrected chi connectivity index (χ0v) is 15.0. The molecule has 0 atom stereocenters. The summed E-state index contributed by atoms with van der Waals surface area (Å²) in [6, 6.07) is 13.6. The van der Waals surface area contributed by atoms with E-state index < -0.39 is 5.97 Å². The number of carbonyl (C=O) groups excluding carboxylic acids is 1. The van der Waals surface area contributed by atoms with Crippen LogP contribution in [0.25, 0.3) is 0 Å². The Kier molecular flexibility index (Phi) is 5.55. The lowest BCUT2D eigenvalue weighted by atomic mass is 10.1. The number of aromatic nitrogens is 2. The minimum atomic E-state index is -0.625. The van der Waals surface area contributed by atoms with Crippen LogP contribution in [0.3, 0.4) is 0 Å². The monoisotopic (exact) mass is 388 g/mol. The Morgan fingerprint density at radius 1 is 1.19 bits per heavy atom. The maximum absolute atomic E-state index is 12.2. The third-order valence-corrected chi connectivity index (χ3v) is 4.05. The van der Waals surface area contributed by atoms with Crippen LogP contribution in [0.2, 0.25) is 10.0 Å². The summed E-state index contributed by atoms with van der Waals surface area (Å²) in [7, 11) is 0. The van der Waals surface area contributed by atoms with Crippen molar-refractivity contribution in [2.24, 2.45) is 10.9 Å². The van der Waals surface area contributed by atoms with Crippen LogP contribution >= 0.6 is 23.2 Å². The first-order chi connectivity index (χ1) is 12.5. The van der Waals surface area contributed by atoms with Gasteiger partial charge in [-0.1, -0.05) is 40.5 Å². The number of carbonyl (C=O) groups is 1. The number of hydrogen-bond acceptors (Lipinski definition) is 4. The van der Waals surface area contributed by atoms with Gasteiger partial charge in [-0.05, 0) is 42.0 Å². The average molecular weight is 389 g/mol. The van der Waals surface area contributed by atoms with Crippen molar-refractivity contribution in [3.63, 3.8) is 0 Å². The molecule has 1 aromatic heterocycles. The molecule has 0 aliphatic rings. The van der Waals surface area contributed by atoms with Crippen LogP contribution in [0.4, 0.5) is 0 Å². The van der Waals surface area contributed by atoms with Crippen molar-refractivity contribution in [2.45, 2.75) is 6.54 Å². The van der Waals surface area contributed by atoms with Crippen LogP contribution in [-0.4, -0.2) is 21.6 Å². The molecule has 3 rings (SSSR count). The van der Waals surface area contributed by atoms with Crippen LogP contribution in [0.5, 0.6) is 0 Å². The van der Waals surface area contributed by atoms with E-state index in [2.05, 4.69) is 10.3 Å². The first-order valence-electron chi connectivity index (χ1n) is 7.59. The normalized spacial score (nSPS) is 11.4. The molecule has 0 saturated heterocycles. The smallest absolute Gasteiger partial charge is 0.365 e. The van der Waals surface area contributed by atoms with Crippen molar-refractivity contribution in [2.75, 3.05) is 0 Å². The fraction of sp³-hybridized carbons (Fsp3) is 0.0556. The highest BCUT2D eigenvalue weighted by Gasteiger charge is 2.11. The number of benzene rings is 2. The summed E-state index contributed by atoms with van der Waals surface area (Å²) in [4.78, 5) is 17.1. The molecule has 0 bridgehead atoms. The predicted molar refractivity (Wildman–Crippen MR) is 100 cm³/mol. The van der Waals surface area contributed by atoms with E-state index in [-0.39, 0.29) is 5.84 Å². The number of oxime groups is 1. The average Bonchev–Trinajstić information content (AvgIpc) is 3.12. The van der Waals surface area contributed by atoms with E-state index >= 15 is 0 Å². The SMILES string of the molecule is N/C(=N\OC(=O)c1cccc(Cn2cccn2)c1)c1ccc(Cl)cc1Cl. The summed E-state index contributed by atoms with van der Waals surface area (Å²) in [6.07, 6.45) is 3.53. The highest BCUT2D eigenvalue weighted by molar-refractivity contribution is 6.36. The Labute approximate surface area is 159 Å². The van der Waals surface area contributed by atoms with Crippen molar-refractivity contribution in [3.8, 4) is 0 Å². The van der Waals surface area contributed by atoms with Crippen LogP contribution < -0.4 is 5.73 Å². The highest BCUT2D eigenvalue weighted by atomic mass is 35.5. The van der Waals surface area contributed by atoms with E-state index in [1.165, 1.54) is 6.07 Å². The molecule has 0 saturated carbocycles. The van der Waals surface area contributed by atoms with Crippen molar-refractivity contribution < 1.29 is 9.63 Å². The zero-order chi connectivity index (χ0) is 18.5. The Hall–Kier alpha value is -2.83. The Morgan fingerprint density at radius 2 is 2.04 bits per heavy atom. The lowest BCUT2D eigenvalue weighted by molar-refractivity contribution is 0.0516. The Morgan fingerprint density at radius 3 is 2.77 bits per heavy atom. The number of amidine groups is 1. The van der Waals surface area contributed by atoms with Crippen LogP contribution in [0.1, 0.15) is 21.5 Å². The first-order valence-corrected chi connectivity index (χ1v) is 8.35. The van der Waals surface area contributed by atoms with Crippen molar-refractivity contribution in [3.05, 3.63) is 87.7 Å². The molecule has 2 aromatic carbocycles. The number of nitrogens with two attached hydrogens (primary N) is 1. The lowest BCUT2D eigenvalue weighted by Crippen LogP contribution is -2.16. The molecular weight excluding hydrogens is 375 g/mol. The van der Waals surface area contributed by atoms with Gasteiger partial charge in [-0.25, -0.2) is 4.79 Å². The van der Waals surface area contributed by atoms with Gasteiger partial charge in [-0.15, -0.1) is 0 Å². The Bertz CT molecular complexity index is 956. The fourth-order valence-corrected chi connectivity index (χ4v) is 2.77. The van der Waals surface area contributed by atoms with E-state index in [1.54, 1.807) is 41.2 Å². The lowest BCUT2D eigenvalue weighted by Gasteiger charge is -2.05. The van der Waals surface area contributed by atoms with Gasteiger partial charge in [0.2, 0.25) is 0 Å². The molecular formula is C18H14Cl2N4O2. The van der Waals surface area contributed by atoms with E-state index in [4.69, 9.17) is 33.8 Å². The van der Waals surface area contributed by atoms with Crippen molar-refractivity contribution in [1.82, 2.24) is 9.78 Å². The van der Waals surface area contributed by atoms with Gasteiger partial charge in [0, 0.05) is 23.0 Å². The third-order valence-electron chi connectivity index (χ3n) is 3.50. The standard InChI is InChI=1S/C18H14Cl2N4O2/c19-14-5-6-15(16(20)10-14)17(21)23-26-18(25)13-4-1-3-12(9-13)11-24-8-2-7-22-24/h1-10H,11H2,(H2,21,23). The molecule has 0 aliphatic carbocycles. The zero-order valence-electron chi connectivity index (χ0n) is 13.5. The molecule has 132 valence electrons. The molecule has 0 spiro atoms. The van der Waals surface area contributed by atoms with Gasteiger partial charge in [0.25, 0.3) is 0 Å². The highest BCUT2D eigenvalue weighted by Crippen LogP contribution is 2.20. The molecule has 8 heteroatoms. The quantitative estimate of drug-likeness (QED) is 0.312. The summed E-state index contributed by atoms with van der Waals surface area (Å²) in [5.74, 6) is -0.645. The van der Waals surface area contributed by atoms with Crippen molar-refractivity contribution in [1.29, 1.82) is 0 Å². The molecule has 0 unspecified atom stereocenters. The van der Waals surface area contributed by atoms with Gasteiger partial charge >= 0.3 is 5.97 Å². The molecule has 6 nitrogen and oxygen atoms in total. The fourth-order valence-electron chi connectivity index (χ4n) is 2.27. The molecule has 1 heterocycles. The topological polar surface area (TPSA) is 82.5 Å². The predicted octanol–water partition coefficient (Wildman–Crippen LogP) is 3.72. The van der Waals surface area contributed by atoms with Gasteiger partial charge in [-0.2, -0.15) is 5.10 Å². The number of rotatable bonds is 5. The van der Waals surface area contributed by atoms with E-state index in [9.17, 15) is 4.79 Å². The second-order valence-corrected chi connectivity index (χ2v) is 6.23. The molecule has 0 fully saturated rings. The summed E-state index contributed by atoms with van der Waals surface area (Å²) in [5.41, 5.74) is 7.51. The second kappa shape index (κ2) is 8.03. The van der Waals surface area contributed by atoms with Gasteiger partial charge in [0.15, 0.2) is 5.84 Å². The maximum atomic E-state index is 12.2. The van der Waals surface area contributed by atoms with E-state index in [0.29, 0.717) is 27.7 Å². The van der Waals surface area contributed by atoms with Gasteiger partial charge in [-0.3, -0.25) is 4.68 Å². The molecule has 2 N–H and O–H groups in total. The number of nitrogens with zero attached hydrogens (tertiary/aromatic N) is 3. The van der Waals surface area contributed by atoms with Gasteiger partial charge < -0.3 is 10.6 Å². The molecule has 26 heavy (non-hydrogen) atoms. The summed E-state index contributed by atoms with van der Waals surface area (Å²) < 4.78 is 1.75. The van der Waals surface area contributed by atoms with Crippen molar-refractivity contribution >= 4 is 35.0 Å². The first kappa shape index (κ1) is 18.0. The summed E-state index contributed by atoms with van der Waals surface area (Å²) >= 11 is 11.9. The molecule has 3 aromatic rings. The van der Waals surface area contributed by atoms with Crippen LogP contribution in [0, 0.1) is 0 Å². The Balaban J connectivity index is 1.71. The minimum Gasteiger partial charge on any atom is -0.380 e. The maximum Gasteiger partial charge on any atom is 0.365 e. The number of hydrogen-bond donors (Lipinski definition) is 1. The van der Waals surface area contributed by atoms with Crippen LogP contribution in [-0.2, 0) is 11.4 Å². The number of halogens is 2. The summed E-state index contributed by atoms with van der Waals surface area (Å²) in [6.45, 7) is 0.542. The van der Waals surface area contributed by atoms with Gasteiger partial charge in [0.1, 0.15) is 0 Å². The largest absolute Gasteiger partial charge is 0.380 e.